The Labute approximate surface area is 80.0 Å². The van der Waals surface area contributed by atoms with E-state index >= 15 is 0 Å². The first-order valence-electron chi connectivity index (χ1n) is 3.22. The van der Waals surface area contributed by atoms with Crippen LogP contribution in [0.15, 0.2) is 0 Å². The number of hydrogen-bond donors (Lipinski definition) is 3. The van der Waals surface area contributed by atoms with Crippen LogP contribution in [0, 0.1) is 0 Å². The summed E-state index contributed by atoms with van der Waals surface area (Å²) in [6.45, 7) is 1.10. The molecule has 1 unspecified atom stereocenters. The highest BCUT2D eigenvalue weighted by molar-refractivity contribution is 5.58. The van der Waals surface area contributed by atoms with Crippen LogP contribution in [-0.4, -0.2) is 52.9 Å². The zero-order chi connectivity index (χ0) is 10.9. The molecule has 86 valence electrons. The lowest BCUT2D eigenvalue weighted by Crippen LogP contribution is -2.20. The van der Waals surface area contributed by atoms with Gasteiger partial charge in [0.1, 0.15) is 12.7 Å². The molecule has 5 N–H and O–H groups in total. The molecule has 0 aromatic heterocycles. The summed E-state index contributed by atoms with van der Waals surface area (Å²) < 4.78 is 8.16. The SMILES string of the molecule is CC(COC(=O)O)OC(=O)O.CO.O. The largest absolute Gasteiger partial charge is 0.506 e. The molecule has 0 amide bonds. The Balaban J connectivity index is -0.000000376. The number of aliphatic hydroxyl groups excluding tert-OH is 1. The molecule has 0 bridgehead atoms. The summed E-state index contributed by atoms with van der Waals surface area (Å²) in [7, 11) is 1.00. The van der Waals surface area contributed by atoms with E-state index in [1.807, 2.05) is 0 Å². The van der Waals surface area contributed by atoms with Gasteiger partial charge in [-0.05, 0) is 6.92 Å². The third kappa shape index (κ3) is 16.8. The standard InChI is InChI=1S/C5H8O6.CH4O.H2O/c1-3(11-5(8)9)2-10-4(6)7;1-2;/h3H,2H2,1H3,(H,6,7)(H,8,9);2H,1H3;1H2. The Morgan fingerprint density at radius 1 is 1.21 bits per heavy atom. The van der Waals surface area contributed by atoms with Gasteiger partial charge in [-0.3, -0.25) is 0 Å². The Bertz CT molecular complexity index is 156. The van der Waals surface area contributed by atoms with E-state index < -0.39 is 18.4 Å². The monoisotopic (exact) mass is 214 g/mol. The van der Waals surface area contributed by atoms with E-state index in [-0.39, 0.29) is 12.1 Å². The van der Waals surface area contributed by atoms with Crippen molar-refractivity contribution in [3.63, 3.8) is 0 Å². The fraction of sp³-hybridized carbons (Fsp3) is 0.667. The normalized spacial score (nSPS) is 9.64. The van der Waals surface area contributed by atoms with E-state index in [1.54, 1.807) is 0 Å². The fourth-order valence-corrected chi connectivity index (χ4v) is 0.395. The summed E-state index contributed by atoms with van der Waals surface area (Å²) in [6.07, 6.45) is -3.68. The zero-order valence-electron chi connectivity index (χ0n) is 7.76. The molecular formula is C6H14O8. The Kier molecular flexibility index (Phi) is 15.0. The van der Waals surface area contributed by atoms with E-state index in [0.29, 0.717) is 0 Å². The molecule has 0 aliphatic carbocycles. The third-order valence-electron chi connectivity index (χ3n) is 0.744. The van der Waals surface area contributed by atoms with Gasteiger partial charge in [0.05, 0.1) is 0 Å². The van der Waals surface area contributed by atoms with Gasteiger partial charge in [0.2, 0.25) is 0 Å². The van der Waals surface area contributed by atoms with Crippen LogP contribution in [0.3, 0.4) is 0 Å². The second-order valence-corrected chi connectivity index (χ2v) is 1.77. The number of carboxylic acid groups (broad SMARTS) is 2. The van der Waals surface area contributed by atoms with Gasteiger partial charge in [0, 0.05) is 7.11 Å². The van der Waals surface area contributed by atoms with E-state index in [0.717, 1.165) is 7.11 Å². The van der Waals surface area contributed by atoms with Crippen molar-refractivity contribution in [2.75, 3.05) is 13.7 Å². The molecule has 0 spiro atoms. The molecule has 8 heteroatoms. The predicted molar refractivity (Wildman–Crippen MR) is 44.3 cm³/mol. The van der Waals surface area contributed by atoms with Gasteiger partial charge in [0.25, 0.3) is 0 Å². The molecule has 0 rings (SSSR count). The minimum Gasteiger partial charge on any atom is -0.450 e. The first-order chi connectivity index (χ1) is 6.02. The molecule has 14 heavy (non-hydrogen) atoms. The van der Waals surface area contributed by atoms with Crippen molar-refractivity contribution < 1.29 is 39.9 Å². The van der Waals surface area contributed by atoms with Crippen molar-refractivity contribution in [3.05, 3.63) is 0 Å². The molecule has 8 nitrogen and oxygen atoms in total. The maximum atomic E-state index is 9.83. The lowest BCUT2D eigenvalue weighted by atomic mass is 10.4. The molecule has 0 fully saturated rings. The molecule has 0 heterocycles. The van der Waals surface area contributed by atoms with Crippen LogP contribution in [0.4, 0.5) is 9.59 Å². The van der Waals surface area contributed by atoms with Crippen molar-refractivity contribution in [1.82, 2.24) is 0 Å². The molecular weight excluding hydrogens is 200 g/mol. The average molecular weight is 214 g/mol. The van der Waals surface area contributed by atoms with Gasteiger partial charge in [-0.1, -0.05) is 0 Å². The van der Waals surface area contributed by atoms with Crippen LogP contribution >= 0.6 is 0 Å². The van der Waals surface area contributed by atoms with Gasteiger partial charge in [0.15, 0.2) is 0 Å². The van der Waals surface area contributed by atoms with Crippen molar-refractivity contribution in [2.24, 2.45) is 0 Å². The Morgan fingerprint density at radius 3 is 1.93 bits per heavy atom. The number of aliphatic hydroxyl groups is 1. The topological polar surface area (TPSA) is 145 Å². The highest BCUT2D eigenvalue weighted by Crippen LogP contribution is 1.92. The van der Waals surface area contributed by atoms with Gasteiger partial charge < -0.3 is 30.3 Å². The maximum Gasteiger partial charge on any atom is 0.506 e. The van der Waals surface area contributed by atoms with Gasteiger partial charge in [-0.2, -0.15) is 0 Å². The summed E-state index contributed by atoms with van der Waals surface area (Å²) in [4.78, 5) is 19.6. The van der Waals surface area contributed by atoms with Crippen LogP contribution in [0.2, 0.25) is 0 Å². The van der Waals surface area contributed by atoms with Gasteiger partial charge >= 0.3 is 12.3 Å². The number of carbonyl (C=O) groups is 2. The number of hydrogen-bond acceptors (Lipinski definition) is 5. The van der Waals surface area contributed by atoms with Crippen LogP contribution in [0.1, 0.15) is 6.92 Å². The first kappa shape index (κ1) is 18.3. The Morgan fingerprint density at radius 2 is 1.64 bits per heavy atom. The van der Waals surface area contributed by atoms with Gasteiger partial charge in [-0.15, -0.1) is 0 Å². The van der Waals surface area contributed by atoms with E-state index in [1.165, 1.54) is 6.92 Å². The van der Waals surface area contributed by atoms with Crippen LogP contribution in [-0.2, 0) is 9.47 Å². The molecule has 1 atom stereocenters. The smallest absolute Gasteiger partial charge is 0.450 e. The quantitative estimate of drug-likeness (QED) is 0.539. The predicted octanol–water partition coefficient (Wildman–Crippen LogP) is -0.452. The number of ether oxygens (including phenoxy) is 2. The van der Waals surface area contributed by atoms with Crippen molar-refractivity contribution in [2.45, 2.75) is 13.0 Å². The molecule has 0 aromatic rings. The molecule has 0 aromatic carbocycles. The van der Waals surface area contributed by atoms with Gasteiger partial charge in [-0.25, -0.2) is 9.59 Å². The Hall–Kier alpha value is -1.54. The van der Waals surface area contributed by atoms with E-state index in [9.17, 15) is 9.59 Å². The summed E-state index contributed by atoms with van der Waals surface area (Å²) in [5, 5.41) is 23.0. The summed E-state index contributed by atoms with van der Waals surface area (Å²) in [5.41, 5.74) is 0. The molecule has 0 radical (unpaired) electrons. The second kappa shape index (κ2) is 11.5. The zero-order valence-corrected chi connectivity index (χ0v) is 7.76. The lowest BCUT2D eigenvalue weighted by molar-refractivity contribution is 0.0122. The van der Waals surface area contributed by atoms with Crippen LogP contribution in [0.5, 0.6) is 0 Å². The van der Waals surface area contributed by atoms with Crippen LogP contribution in [0.25, 0.3) is 0 Å². The maximum absolute atomic E-state index is 9.83. The average Bonchev–Trinajstić information content (AvgIpc) is 2.03. The summed E-state index contributed by atoms with van der Waals surface area (Å²) >= 11 is 0. The minimum absolute atomic E-state index is 0. The summed E-state index contributed by atoms with van der Waals surface area (Å²) in [5.74, 6) is 0. The van der Waals surface area contributed by atoms with Crippen molar-refractivity contribution in [1.29, 1.82) is 0 Å². The highest BCUT2D eigenvalue weighted by Gasteiger charge is 2.09. The van der Waals surface area contributed by atoms with Crippen molar-refractivity contribution in [3.8, 4) is 0 Å². The highest BCUT2D eigenvalue weighted by atomic mass is 16.7. The van der Waals surface area contributed by atoms with E-state index in [2.05, 4.69) is 9.47 Å². The fourth-order valence-electron chi connectivity index (χ4n) is 0.395. The number of rotatable bonds is 3. The second-order valence-electron chi connectivity index (χ2n) is 1.77. The molecule has 0 aliphatic heterocycles. The first-order valence-corrected chi connectivity index (χ1v) is 3.22. The minimum atomic E-state index is -1.45. The van der Waals surface area contributed by atoms with Crippen LogP contribution < -0.4 is 0 Å². The molecule has 0 saturated heterocycles. The van der Waals surface area contributed by atoms with Crippen molar-refractivity contribution >= 4 is 12.3 Å². The molecule has 0 saturated carbocycles. The summed E-state index contributed by atoms with van der Waals surface area (Å²) in [6, 6.07) is 0. The third-order valence-corrected chi connectivity index (χ3v) is 0.744. The lowest BCUT2D eigenvalue weighted by Gasteiger charge is -2.08. The molecule has 0 aliphatic rings. The van der Waals surface area contributed by atoms with E-state index in [4.69, 9.17) is 15.3 Å².